The van der Waals surface area contributed by atoms with E-state index >= 15 is 0 Å². The van der Waals surface area contributed by atoms with Gasteiger partial charge in [-0.3, -0.25) is 4.79 Å². The van der Waals surface area contributed by atoms with Gasteiger partial charge in [-0.25, -0.2) is 13.4 Å². The first-order chi connectivity index (χ1) is 13.9. The molecule has 0 aliphatic carbocycles. The summed E-state index contributed by atoms with van der Waals surface area (Å²) in [5.74, 6) is 0.775. The third kappa shape index (κ3) is 4.63. The lowest BCUT2D eigenvalue weighted by Crippen LogP contribution is -2.30. The van der Waals surface area contributed by atoms with Crippen molar-refractivity contribution in [2.45, 2.75) is 24.0 Å². The first-order valence-electron chi connectivity index (χ1n) is 9.09. The van der Waals surface area contributed by atoms with Crippen LogP contribution in [0, 0.1) is 0 Å². The van der Waals surface area contributed by atoms with Crippen molar-refractivity contribution in [1.29, 1.82) is 0 Å². The minimum atomic E-state index is -3.57. The van der Waals surface area contributed by atoms with Crippen LogP contribution in [-0.2, 0) is 10.0 Å². The van der Waals surface area contributed by atoms with E-state index in [2.05, 4.69) is 4.98 Å². The van der Waals surface area contributed by atoms with Crippen molar-refractivity contribution < 1.29 is 22.4 Å². The van der Waals surface area contributed by atoms with E-state index in [9.17, 15) is 13.2 Å². The van der Waals surface area contributed by atoms with Crippen LogP contribution in [0.15, 0.2) is 57.0 Å². The lowest BCUT2D eigenvalue weighted by molar-refractivity contribution is 0.102. The molecule has 0 saturated carbocycles. The van der Waals surface area contributed by atoms with E-state index in [-0.39, 0.29) is 16.4 Å². The molecule has 0 fully saturated rings. The normalized spacial score (nSPS) is 11.9. The molecule has 0 aliphatic rings. The van der Waals surface area contributed by atoms with Gasteiger partial charge in [-0.05, 0) is 42.5 Å². The highest BCUT2D eigenvalue weighted by Gasteiger charge is 2.22. The molecule has 3 rings (SSSR count). The molecule has 3 aromatic rings. The van der Waals surface area contributed by atoms with Gasteiger partial charge in [-0.1, -0.05) is 25.6 Å². The van der Waals surface area contributed by atoms with Crippen molar-refractivity contribution >= 4 is 38.7 Å². The van der Waals surface area contributed by atoms with Crippen molar-refractivity contribution in [3.8, 4) is 5.75 Å². The minimum absolute atomic E-state index is 0.0651. The number of methoxy groups -OCH3 is 1. The van der Waals surface area contributed by atoms with Gasteiger partial charge in [-0.2, -0.15) is 4.31 Å². The second-order valence-corrected chi connectivity index (χ2v) is 9.00. The van der Waals surface area contributed by atoms with Crippen molar-refractivity contribution in [2.75, 3.05) is 26.0 Å². The first-order valence-corrected chi connectivity index (χ1v) is 11.5. The van der Waals surface area contributed by atoms with Crippen LogP contribution >= 0.6 is 11.8 Å². The Hall–Kier alpha value is -2.36. The summed E-state index contributed by atoms with van der Waals surface area (Å²) in [6.45, 7) is 4.38. The van der Waals surface area contributed by atoms with Gasteiger partial charge in [0.25, 0.3) is 5.22 Å². The van der Waals surface area contributed by atoms with Crippen molar-refractivity contribution in [3.05, 3.63) is 48.0 Å². The van der Waals surface area contributed by atoms with E-state index in [4.69, 9.17) is 9.15 Å². The fraction of sp³-hybridized carbons (Fsp3) is 0.300. The summed E-state index contributed by atoms with van der Waals surface area (Å²) in [4.78, 5) is 16.8. The van der Waals surface area contributed by atoms with Crippen LogP contribution in [0.4, 0.5) is 0 Å². The number of aromatic nitrogens is 1. The number of ketones is 1. The van der Waals surface area contributed by atoms with Crippen LogP contribution in [0.1, 0.15) is 24.2 Å². The van der Waals surface area contributed by atoms with E-state index in [0.29, 0.717) is 40.7 Å². The zero-order valence-corrected chi connectivity index (χ0v) is 18.0. The molecular weight excluding hydrogens is 412 g/mol. The Balaban J connectivity index is 1.75. The van der Waals surface area contributed by atoms with Gasteiger partial charge < -0.3 is 9.15 Å². The first kappa shape index (κ1) is 21.4. The number of nitrogens with zero attached hydrogens (tertiary/aromatic N) is 2. The Labute approximate surface area is 174 Å². The van der Waals surface area contributed by atoms with Crippen LogP contribution in [0.3, 0.4) is 0 Å². The Morgan fingerprint density at radius 2 is 1.83 bits per heavy atom. The molecule has 1 heterocycles. The molecule has 0 saturated heterocycles. The van der Waals surface area contributed by atoms with Crippen molar-refractivity contribution in [2.24, 2.45) is 0 Å². The van der Waals surface area contributed by atoms with E-state index in [1.165, 1.54) is 28.2 Å². The average Bonchev–Trinajstić information content (AvgIpc) is 3.15. The van der Waals surface area contributed by atoms with Crippen LogP contribution in [0.2, 0.25) is 0 Å². The summed E-state index contributed by atoms with van der Waals surface area (Å²) < 4.78 is 37.5. The van der Waals surface area contributed by atoms with E-state index in [1.54, 1.807) is 51.3 Å². The number of benzene rings is 2. The van der Waals surface area contributed by atoms with E-state index in [1.807, 2.05) is 0 Å². The standard InChI is InChI=1S/C20H22N2O5S2/c1-4-22(5-2)29(24,25)16-10-11-19-17(12-16)21-20(27-19)28-13-18(23)14-6-8-15(26-3)9-7-14/h6-12H,4-5,13H2,1-3H3. The fourth-order valence-electron chi connectivity index (χ4n) is 2.81. The number of hydrogen-bond acceptors (Lipinski definition) is 7. The van der Waals surface area contributed by atoms with E-state index < -0.39 is 10.0 Å². The van der Waals surface area contributed by atoms with Gasteiger partial charge in [-0.15, -0.1) is 0 Å². The topological polar surface area (TPSA) is 89.7 Å². The van der Waals surface area contributed by atoms with Gasteiger partial charge >= 0.3 is 0 Å². The number of sulfonamides is 1. The smallest absolute Gasteiger partial charge is 0.257 e. The molecule has 154 valence electrons. The molecule has 9 heteroatoms. The Kier molecular flexibility index (Phi) is 6.61. The summed E-state index contributed by atoms with van der Waals surface area (Å²) in [5, 5.41) is 0.319. The fourth-order valence-corrected chi connectivity index (χ4v) is 5.02. The highest BCUT2D eigenvalue weighted by atomic mass is 32.2. The third-order valence-corrected chi connectivity index (χ3v) is 7.30. The predicted octanol–water partition coefficient (Wildman–Crippen LogP) is 3.84. The quantitative estimate of drug-likeness (QED) is 0.373. The maximum absolute atomic E-state index is 12.7. The Bertz CT molecular complexity index is 1100. The number of hydrogen-bond donors (Lipinski definition) is 0. The van der Waals surface area contributed by atoms with Crippen LogP contribution < -0.4 is 4.74 Å². The zero-order valence-electron chi connectivity index (χ0n) is 16.4. The SMILES string of the molecule is CCN(CC)S(=O)(=O)c1ccc2oc(SCC(=O)c3ccc(OC)cc3)nc2c1. The molecule has 0 unspecified atom stereocenters. The molecule has 7 nitrogen and oxygen atoms in total. The maximum Gasteiger partial charge on any atom is 0.257 e. The summed E-state index contributed by atoms with van der Waals surface area (Å²) in [5.41, 5.74) is 1.49. The molecule has 0 bridgehead atoms. The Morgan fingerprint density at radius 1 is 1.14 bits per heavy atom. The van der Waals surface area contributed by atoms with Gasteiger partial charge in [0, 0.05) is 18.7 Å². The van der Waals surface area contributed by atoms with Crippen molar-refractivity contribution in [3.63, 3.8) is 0 Å². The lowest BCUT2D eigenvalue weighted by atomic mass is 10.1. The Morgan fingerprint density at radius 3 is 2.45 bits per heavy atom. The molecule has 2 aromatic carbocycles. The number of fused-ring (bicyclic) bond motifs is 1. The summed E-state index contributed by atoms with van der Waals surface area (Å²) in [7, 11) is -2.00. The minimum Gasteiger partial charge on any atom is -0.497 e. The number of carbonyl (C=O) groups excluding carboxylic acids is 1. The number of ether oxygens (including phenoxy) is 1. The maximum atomic E-state index is 12.7. The molecule has 0 N–H and O–H groups in total. The molecule has 0 atom stereocenters. The summed E-state index contributed by atoms with van der Waals surface area (Å²) in [6, 6.07) is 11.5. The highest BCUT2D eigenvalue weighted by molar-refractivity contribution is 7.99. The molecule has 29 heavy (non-hydrogen) atoms. The third-order valence-electron chi connectivity index (χ3n) is 4.42. The van der Waals surface area contributed by atoms with Gasteiger partial charge in [0.15, 0.2) is 11.4 Å². The number of Topliss-reactive ketones (excluding diaryl/α,β-unsaturated/α-hetero) is 1. The molecule has 0 spiro atoms. The van der Waals surface area contributed by atoms with Crippen LogP contribution in [-0.4, -0.2) is 49.4 Å². The van der Waals surface area contributed by atoms with Crippen LogP contribution in [0.25, 0.3) is 11.1 Å². The molecule has 0 radical (unpaired) electrons. The largest absolute Gasteiger partial charge is 0.497 e. The second-order valence-electron chi connectivity index (χ2n) is 6.14. The predicted molar refractivity (Wildman–Crippen MR) is 112 cm³/mol. The second kappa shape index (κ2) is 8.98. The molecule has 0 aliphatic heterocycles. The zero-order chi connectivity index (χ0) is 21.0. The number of rotatable bonds is 9. The van der Waals surface area contributed by atoms with Gasteiger partial charge in [0.1, 0.15) is 11.3 Å². The highest BCUT2D eigenvalue weighted by Crippen LogP contribution is 2.27. The summed E-state index contributed by atoms with van der Waals surface area (Å²) >= 11 is 1.17. The molecule has 1 aromatic heterocycles. The van der Waals surface area contributed by atoms with E-state index in [0.717, 1.165) is 0 Å². The average molecular weight is 435 g/mol. The number of oxazole rings is 1. The van der Waals surface area contributed by atoms with Crippen LogP contribution in [0.5, 0.6) is 5.75 Å². The monoisotopic (exact) mass is 434 g/mol. The van der Waals surface area contributed by atoms with Crippen molar-refractivity contribution in [1.82, 2.24) is 9.29 Å². The van der Waals surface area contributed by atoms with Gasteiger partial charge in [0.05, 0.1) is 17.8 Å². The molecule has 0 amide bonds. The summed E-state index contributed by atoms with van der Waals surface area (Å²) in [6.07, 6.45) is 0. The lowest BCUT2D eigenvalue weighted by Gasteiger charge is -2.18. The number of carbonyl (C=O) groups is 1. The molecular formula is C20H22N2O5S2. The van der Waals surface area contributed by atoms with Gasteiger partial charge in [0.2, 0.25) is 10.0 Å². The number of thioether (sulfide) groups is 1.